The molecule has 1 aromatic carbocycles. The van der Waals surface area contributed by atoms with E-state index in [0.717, 1.165) is 5.56 Å². The van der Waals surface area contributed by atoms with Crippen LogP contribution in [0.15, 0.2) is 30.3 Å². The molecule has 0 fully saturated rings. The lowest BCUT2D eigenvalue weighted by Gasteiger charge is -2.09. The Hall–Kier alpha value is -1.81. The SMILES string of the molecule is CCC(NC(=O)/C=C/c1ccc(Cl)cc1)C(=O)O. The van der Waals surface area contributed by atoms with Crippen LogP contribution in [0.25, 0.3) is 6.08 Å². The highest BCUT2D eigenvalue weighted by molar-refractivity contribution is 6.30. The second-order valence-corrected chi connectivity index (χ2v) is 4.13. The van der Waals surface area contributed by atoms with Gasteiger partial charge in [-0.25, -0.2) is 4.79 Å². The molecule has 0 bridgehead atoms. The number of rotatable bonds is 5. The van der Waals surface area contributed by atoms with Gasteiger partial charge in [0.15, 0.2) is 0 Å². The molecule has 4 nitrogen and oxygen atoms in total. The van der Waals surface area contributed by atoms with Crippen molar-refractivity contribution in [1.29, 1.82) is 0 Å². The highest BCUT2D eigenvalue weighted by Gasteiger charge is 2.15. The van der Waals surface area contributed by atoms with Crippen LogP contribution < -0.4 is 5.32 Å². The number of carbonyl (C=O) groups excluding carboxylic acids is 1. The summed E-state index contributed by atoms with van der Waals surface area (Å²) in [6.07, 6.45) is 3.24. The number of carboxylic acid groups (broad SMARTS) is 1. The second-order valence-electron chi connectivity index (χ2n) is 3.69. The predicted octanol–water partition coefficient (Wildman–Crippen LogP) is 2.33. The molecule has 0 heterocycles. The fourth-order valence-electron chi connectivity index (χ4n) is 1.30. The molecule has 0 aliphatic carbocycles. The number of carboxylic acids is 1. The molecule has 1 atom stereocenters. The molecule has 0 spiro atoms. The maximum Gasteiger partial charge on any atom is 0.326 e. The van der Waals surface area contributed by atoms with Gasteiger partial charge in [-0.05, 0) is 30.2 Å². The molecular weight excluding hydrogens is 254 g/mol. The van der Waals surface area contributed by atoms with E-state index in [1.165, 1.54) is 6.08 Å². The minimum Gasteiger partial charge on any atom is -0.480 e. The van der Waals surface area contributed by atoms with Crippen molar-refractivity contribution >= 4 is 29.6 Å². The summed E-state index contributed by atoms with van der Waals surface area (Å²) in [7, 11) is 0. The van der Waals surface area contributed by atoms with E-state index in [1.807, 2.05) is 0 Å². The molecule has 5 heteroatoms. The van der Waals surface area contributed by atoms with Crippen molar-refractivity contribution in [1.82, 2.24) is 5.32 Å². The van der Waals surface area contributed by atoms with Gasteiger partial charge in [-0.1, -0.05) is 30.7 Å². The third-order valence-electron chi connectivity index (χ3n) is 2.32. The molecule has 96 valence electrons. The summed E-state index contributed by atoms with van der Waals surface area (Å²) in [6, 6.07) is 6.10. The van der Waals surface area contributed by atoms with Crippen LogP contribution in [0.3, 0.4) is 0 Å². The molecule has 0 aromatic heterocycles. The van der Waals surface area contributed by atoms with Crippen LogP contribution in [0.5, 0.6) is 0 Å². The number of carbonyl (C=O) groups is 2. The van der Waals surface area contributed by atoms with Crippen molar-refractivity contribution in [2.24, 2.45) is 0 Å². The molecule has 1 rings (SSSR count). The van der Waals surface area contributed by atoms with E-state index in [0.29, 0.717) is 11.4 Å². The fraction of sp³-hybridized carbons (Fsp3) is 0.231. The Morgan fingerprint density at radius 1 is 1.39 bits per heavy atom. The summed E-state index contributed by atoms with van der Waals surface area (Å²) in [5, 5.41) is 11.8. The van der Waals surface area contributed by atoms with E-state index >= 15 is 0 Å². The quantitative estimate of drug-likeness (QED) is 0.805. The summed E-state index contributed by atoms with van der Waals surface area (Å²) < 4.78 is 0. The number of aliphatic carboxylic acids is 1. The summed E-state index contributed by atoms with van der Waals surface area (Å²) in [5.74, 6) is -1.47. The smallest absolute Gasteiger partial charge is 0.326 e. The zero-order valence-corrected chi connectivity index (χ0v) is 10.6. The third kappa shape index (κ3) is 4.59. The molecule has 0 saturated heterocycles. The number of hydrogen-bond acceptors (Lipinski definition) is 2. The lowest BCUT2D eigenvalue weighted by Crippen LogP contribution is -2.39. The Balaban J connectivity index is 2.59. The largest absolute Gasteiger partial charge is 0.480 e. The van der Waals surface area contributed by atoms with Crippen LogP contribution in [-0.4, -0.2) is 23.0 Å². The normalized spacial score (nSPS) is 12.3. The van der Waals surface area contributed by atoms with Crippen molar-refractivity contribution in [2.75, 3.05) is 0 Å². The van der Waals surface area contributed by atoms with E-state index in [4.69, 9.17) is 16.7 Å². The fourth-order valence-corrected chi connectivity index (χ4v) is 1.43. The zero-order valence-electron chi connectivity index (χ0n) is 9.89. The highest BCUT2D eigenvalue weighted by atomic mass is 35.5. The molecule has 0 radical (unpaired) electrons. The molecular formula is C13H14ClNO3. The van der Waals surface area contributed by atoms with Gasteiger partial charge in [-0.3, -0.25) is 4.79 Å². The first-order valence-corrected chi connectivity index (χ1v) is 5.87. The van der Waals surface area contributed by atoms with Gasteiger partial charge >= 0.3 is 5.97 Å². The summed E-state index contributed by atoms with van der Waals surface area (Å²) >= 11 is 5.73. The molecule has 0 aliphatic rings. The van der Waals surface area contributed by atoms with Crippen molar-refractivity contribution < 1.29 is 14.7 Å². The third-order valence-corrected chi connectivity index (χ3v) is 2.57. The average Bonchev–Trinajstić information content (AvgIpc) is 2.35. The van der Waals surface area contributed by atoms with E-state index in [2.05, 4.69) is 5.32 Å². The van der Waals surface area contributed by atoms with Crippen LogP contribution >= 0.6 is 11.6 Å². The van der Waals surface area contributed by atoms with Gasteiger partial charge in [0.1, 0.15) is 6.04 Å². The van der Waals surface area contributed by atoms with Crippen LogP contribution in [0.4, 0.5) is 0 Å². The lowest BCUT2D eigenvalue weighted by molar-refractivity contribution is -0.141. The van der Waals surface area contributed by atoms with Gasteiger partial charge in [-0.15, -0.1) is 0 Å². The number of halogens is 1. The van der Waals surface area contributed by atoms with Crippen LogP contribution in [-0.2, 0) is 9.59 Å². The first kappa shape index (κ1) is 14.3. The predicted molar refractivity (Wildman–Crippen MR) is 70.3 cm³/mol. The van der Waals surface area contributed by atoms with Gasteiger partial charge < -0.3 is 10.4 Å². The highest BCUT2D eigenvalue weighted by Crippen LogP contribution is 2.10. The van der Waals surface area contributed by atoms with Gasteiger partial charge in [0.05, 0.1) is 0 Å². The average molecular weight is 268 g/mol. The first-order valence-electron chi connectivity index (χ1n) is 5.50. The van der Waals surface area contributed by atoms with Crippen molar-refractivity contribution in [2.45, 2.75) is 19.4 Å². The molecule has 1 unspecified atom stereocenters. The summed E-state index contributed by atoms with van der Waals surface area (Å²) in [6.45, 7) is 1.70. The Morgan fingerprint density at radius 3 is 2.50 bits per heavy atom. The van der Waals surface area contributed by atoms with Gasteiger partial charge in [0.2, 0.25) is 5.91 Å². The Labute approximate surface area is 110 Å². The summed E-state index contributed by atoms with van der Waals surface area (Å²) in [5.41, 5.74) is 0.818. The Morgan fingerprint density at radius 2 is 2.00 bits per heavy atom. The number of hydrogen-bond donors (Lipinski definition) is 2. The van der Waals surface area contributed by atoms with Crippen LogP contribution in [0.1, 0.15) is 18.9 Å². The Kier molecular flexibility index (Phi) is 5.39. The minimum atomic E-state index is -1.04. The maximum absolute atomic E-state index is 11.5. The number of amides is 1. The van der Waals surface area contributed by atoms with Gasteiger partial charge in [-0.2, -0.15) is 0 Å². The van der Waals surface area contributed by atoms with Crippen molar-refractivity contribution in [3.63, 3.8) is 0 Å². The molecule has 0 saturated carbocycles. The number of benzene rings is 1. The van der Waals surface area contributed by atoms with Crippen molar-refractivity contribution in [3.05, 3.63) is 40.9 Å². The standard InChI is InChI=1S/C13H14ClNO3/c1-2-11(13(17)18)15-12(16)8-5-9-3-6-10(14)7-4-9/h3-8,11H,2H2,1H3,(H,15,16)(H,17,18)/b8-5+. The number of nitrogens with one attached hydrogen (secondary N) is 1. The molecule has 1 amide bonds. The van der Waals surface area contributed by atoms with E-state index in [9.17, 15) is 9.59 Å². The minimum absolute atomic E-state index is 0.343. The van der Waals surface area contributed by atoms with E-state index in [1.54, 1.807) is 37.3 Å². The second kappa shape index (κ2) is 6.81. The topological polar surface area (TPSA) is 66.4 Å². The lowest BCUT2D eigenvalue weighted by atomic mass is 10.2. The van der Waals surface area contributed by atoms with Crippen LogP contribution in [0.2, 0.25) is 5.02 Å². The Bertz CT molecular complexity index is 454. The van der Waals surface area contributed by atoms with E-state index in [-0.39, 0.29) is 0 Å². The van der Waals surface area contributed by atoms with Crippen molar-refractivity contribution in [3.8, 4) is 0 Å². The first-order chi connectivity index (χ1) is 8.52. The van der Waals surface area contributed by atoms with Crippen LogP contribution in [0, 0.1) is 0 Å². The summed E-state index contributed by atoms with van der Waals surface area (Å²) in [4.78, 5) is 22.2. The molecule has 1 aromatic rings. The maximum atomic E-state index is 11.5. The zero-order chi connectivity index (χ0) is 13.5. The molecule has 0 aliphatic heterocycles. The molecule has 18 heavy (non-hydrogen) atoms. The molecule has 2 N–H and O–H groups in total. The van der Waals surface area contributed by atoms with Gasteiger partial charge in [0, 0.05) is 11.1 Å². The van der Waals surface area contributed by atoms with Gasteiger partial charge in [0.25, 0.3) is 0 Å². The van der Waals surface area contributed by atoms with E-state index < -0.39 is 17.9 Å². The monoisotopic (exact) mass is 267 g/mol.